The first-order valence-electron chi connectivity index (χ1n) is 27.2. The molecular formula is C55H107NO5. The molecule has 0 radical (unpaired) electrons. The molecule has 362 valence electrons. The van der Waals surface area contributed by atoms with Crippen LogP contribution in [0.1, 0.15) is 290 Å². The zero-order valence-electron chi connectivity index (χ0n) is 40.9. The number of carbonyl (C=O) groups is 1. The maximum Gasteiger partial charge on any atom is 0.249 e. The molecule has 0 aromatic heterocycles. The second-order valence-electron chi connectivity index (χ2n) is 18.9. The predicted octanol–water partition coefficient (Wildman–Crippen LogP) is 15.5. The van der Waals surface area contributed by atoms with Crippen LogP contribution in [0, 0.1) is 0 Å². The number of hydrogen-bond donors (Lipinski definition) is 5. The van der Waals surface area contributed by atoms with Gasteiger partial charge in [0.15, 0.2) is 0 Å². The van der Waals surface area contributed by atoms with Crippen molar-refractivity contribution in [1.82, 2.24) is 5.32 Å². The third kappa shape index (κ3) is 43.8. The number of allylic oxidation sites excluding steroid dienone is 4. The Kier molecular flexibility index (Phi) is 48.8. The monoisotopic (exact) mass is 862 g/mol. The lowest BCUT2D eigenvalue weighted by Gasteiger charge is -2.27. The van der Waals surface area contributed by atoms with Gasteiger partial charge in [-0.05, 0) is 51.4 Å². The van der Waals surface area contributed by atoms with Crippen LogP contribution in [0.4, 0.5) is 0 Å². The van der Waals surface area contributed by atoms with Gasteiger partial charge in [-0.25, -0.2) is 0 Å². The number of aliphatic hydroxyl groups excluding tert-OH is 4. The summed E-state index contributed by atoms with van der Waals surface area (Å²) in [5.74, 6) is -0.592. The van der Waals surface area contributed by atoms with Gasteiger partial charge in [-0.15, -0.1) is 0 Å². The van der Waals surface area contributed by atoms with Crippen molar-refractivity contribution in [2.75, 3.05) is 6.61 Å². The summed E-state index contributed by atoms with van der Waals surface area (Å²) >= 11 is 0. The van der Waals surface area contributed by atoms with Crippen molar-refractivity contribution in [1.29, 1.82) is 0 Å². The van der Waals surface area contributed by atoms with Gasteiger partial charge in [-0.2, -0.15) is 0 Å². The first-order chi connectivity index (χ1) is 30.0. The minimum absolute atomic E-state index is 0.365. The minimum atomic E-state index is -1.29. The van der Waals surface area contributed by atoms with Crippen LogP contribution in [0.2, 0.25) is 0 Å². The van der Waals surface area contributed by atoms with Gasteiger partial charge in [0.1, 0.15) is 12.2 Å². The molecule has 0 aliphatic carbocycles. The van der Waals surface area contributed by atoms with E-state index >= 15 is 0 Å². The van der Waals surface area contributed by atoms with E-state index in [9.17, 15) is 25.2 Å². The highest BCUT2D eigenvalue weighted by Crippen LogP contribution is 2.17. The van der Waals surface area contributed by atoms with Crippen molar-refractivity contribution in [3.8, 4) is 0 Å². The first kappa shape index (κ1) is 59.8. The Balaban J connectivity index is 3.67. The zero-order chi connectivity index (χ0) is 44.5. The molecule has 61 heavy (non-hydrogen) atoms. The highest BCUT2D eigenvalue weighted by Gasteiger charge is 2.28. The first-order valence-corrected chi connectivity index (χ1v) is 27.2. The number of nitrogens with one attached hydrogen (secondary N) is 1. The summed E-state index contributed by atoms with van der Waals surface area (Å²) in [6, 6.07) is -1.01. The number of carbonyl (C=O) groups excluding carboxylic acids is 1. The number of hydrogen-bond acceptors (Lipinski definition) is 5. The van der Waals surface area contributed by atoms with Crippen molar-refractivity contribution in [3.63, 3.8) is 0 Å². The lowest BCUT2D eigenvalue weighted by Crippen LogP contribution is -2.53. The van der Waals surface area contributed by atoms with Gasteiger partial charge < -0.3 is 25.7 Å². The molecule has 0 aliphatic rings. The average Bonchev–Trinajstić information content (AvgIpc) is 3.26. The molecular weight excluding hydrogens is 755 g/mol. The Morgan fingerprint density at radius 2 is 0.689 bits per heavy atom. The lowest BCUT2D eigenvalue weighted by molar-refractivity contribution is -0.132. The van der Waals surface area contributed by atoms with E-state index < -0.39 is 36.9 Å². The van der Waals surface area contributed by atoms with Crippen molar-refractivity contribution < 1.29 is 25.2 Å². The fourth-order valence-electron chi connectivity index (χ4n) is 8.60. The van der Waals surface area contributed by atoms with Crippen molar-refractivity contribution in [3.05, 3.63) is 24.3 Å². The SMILES string of the molecule is CCCCCCCCCCCCC/C=C/CC/C=C/CCCC(O)C(O)C(CO)NC(=O)C(O)CCCCCCCCCCCCCCCCCCCCCCCCCCC. The zero-order valence-corrected chi connectivity index (χ0v) is 40.9. The van der Waals surface area contributed by atoms with Crippen molar-refractivity contribution >= 4 is 5.91 Å². The molecule has 1 amide bonds. The maximum atomic E-state index is 12.6. The molecule has 0 spiro atoms. The third-order valence-electron chi connectivity index (χ3n) is 12.9. The van der Waals surface area contributed by atoms with Gasteiger partial charge in [-0.1, -0.05) is 263 Å². The highest BCUT2D eigenvalue weighted by molar-refractivity contribution is 5.80. The smallest absolute Gasteiger partial charge is 0.249 e. The van der Waals surface area contributed by atoms with Crippen LogP contribution in [0.25, 0.3) is 0 Å². The van der Waals surface area contributed by atoms with Crippen LogP contribution in [0.3, 0.4) is 0 Å². The van der Waals surface area contributed by atoms with E-state index in [2.05, 4.69) is 43.5 Å². The van der Waals surface area contributed by atoms with E-state index in [1.54, 1.807) is 0 Å². The van der Waals surface area contributed by atoms with Crippen LogP contribution >= 0.6 is 0 Å². The molecule has 0 bridgehead atoms. The molecule has 6 heteroatoms. The Hall–Kier alpha value is -1.21. The molecule has 0 heterocycles. The summed E-state index contributed by atoms with van der Waals surface area (Å²) in [6.07, 6.45) is 59.6. The summed E-state index contributed by atoms with van der Waals surface area (Å²) in [4.78, 5) is 12.6. The lowest BCUT2D eigenvalue weighted by atomic mass is 10.00. The minimum Gasteiger partial charge on any atom is -0.394 e. The van der Waals surface area contributed by atoms with Gasteiger partial charge in [-0.3, -0.25) is 4.79 Å². The molecule has 4 atom stereocenters. The second kappa shape index (κ2) is 49.8. The van der Waals surface area contributed by atoms with Crippen LogP contribution in [-0.2, 0) is 4.79 Å². The van der Waals surface area contributed by atoms with Gasteiger partial charge in [0, 0.05) is 0 Å². The van der Waals surface area contributed by atoms with Gasteiger partial charge >= 0.3 is 0 Å². The number of unbranched alkanes of at least 4 members (excludes halogenated alkanes) is 37. The summed E-state index contributed by atoms with van der Waals surface area (Å²) < 4.78 is 0. The highest BCUT2D eigenvalue weighted by atomic mass is 16.3. The Morgan fingerprint density at radius 3 is 1.03 bits per heavy atom. The van der Waals surface area contributed by atoms with Gasteiger partial charge in [0.25, 0.3) is 0 Å². The Labute approximate surface area is 380 Å². The Morgan fingerprint density at radius 1 is 0.393 bits per heavy atom. The summed E-state index contributed by atoms with van der Waals surface area (Å²) in [5.41, 5.74) is 0. The molecule has 0 aliphatic heterocycles. The quantitative estimate of drug-likeness (QED) is 0.0309. The van der Waals surface area contributed by atoms with E-state index in [-0.39, 0.29) is 0 Å². The standard InChI is InChI=1S/C55H107NO5/c1-3-5-7-9-11-13-15-17-19-21-23-25-26-27-28-29-31-33-35-37-39-41-43-45-47-49-53(59)55(61)56-51(50-57)54(60)52(58)48-46-44-42-40-38-36-34-32-30-24-22-20-18-16-14-12-10-8-6-4-2/h32,34,40,42,51-54,57-60H,3-31,33,35-39,41,43-50H2,1-2H3,(H,56,61)/b34-32+,42-40+. The number of aliphatic hydroxyl groups is 4. The fourth-order valence-corrected chi connectivity index (χ4v) is 8.60. The molecule has 5 N–H and O–H groups in total. The van der Waals surface area contributed by atoms with E-state index in [4.69, 9.17) is 0 Å². The summed E-state index contributed by atoms with van der Waals surface area (Å²) in [7, 11) is 0. The molecule has 0 aromatic rings. The normalized spacial score (nSPS) is 14.0. The molecule has 0 rings (SSSR count). The van der Waals surface area contributed by atoms with Crippen LogP contribution in [0.15, 0.2) is 24.3 Å². The third-order valence-corrected chi connectivity index (χ3v) is 12.9. The van der Waals surface area contributed by atoms with E-state index in [1.165, 1.54) is 218 Å². The molecule has 0 saturated carbocycles. The van der Waals surface area contributed by atoms with Gasteiger partial charge in [0.2, 0.25) is 5.91 Å². The van der Waals surface area contributed by atoms with E-state index in [0.29, 0.717) is 19.3 Å². The topological polar surface area (TPSA) is 110 Å². The summed E-state index contributed by atoms with van der Waals surface area (Å²) in [6.45, 7) is 4.07. The molecule has 4 unspecified atom stereocenters. The second-order valence-corrected chi connectivity index (χ2v) is 18.9. The van der Waals surface area contributed by atoms with Crippen LogP contribution in [0.5, 0.6) is 0 Å². The molecule has 0 saturated heterocycles. The van der Waals surface area contributed by atoms with E-state index in [0.717, 1.165) is 38.5 Å². The van der Waals surface area contributed by atoms with Crippen LogP contribution < -0.4 is 5.32 Å². The van der Waals surface area contributed by atoms with Gasteiger partial charge in [0.05, 0.1) is 18.8 Å². The van der Waals surface area contributed by atoms with E-state index in [1.807, 2.05) is 0 Å². The average molecular weight is 862 g/mol. The van der Waals surface area contributed by atoms with Crippen molar-refractivity contribution in [2.24, 2.45) is 0 Å². The maximum absolute atomic E-state index is 12.6. The molecule has 0 fully saturated rings. The van der Waals surface area contributed by atoms with Crippen molar-refractivity contribution in [2.45, 2.75) is 314 Å². The summed E-state index contributed by atoms with van der Waals surface area (Å²) in [5, 5.41) is 43.9. The Bertz CT molecular complexity index is 924. The molecule has 6 nitrogen and oxygen atoms in total. The predicted molar refractivity (Wildman–Crippen MR) is 265 cm³/mol. The fraction of sp³-hybridized carbons (Fsp3) is 0.909. The number of amides is 1. The number of rotatable bonds is 50. The van der Waals surface area contributed by atoms with Crippen LogP contribution in [-0.4, -0.2) is 57.3 Å². The molecule has 0 aromatic carbocycles. The largest absolute Gasteiger partial charge is 0.394 e.